The van der Waals surface area contributed by atoms with Gasteiger partial charge in [0.1, 0.15) is 29.2 Å². The number of ether oxygens (including phenoxy) is 2. The fourth-order valence-corrected chi connectivity index (χ4v) is 4.17. The van der Waals surface area contributed by atoms with Crippen molar-refractivity contribution in [3.63, 3.8) is 0 Å². The molecule has 0 fully saturated rings. The lowest BCUT2D eigenvalue weighted by atomic mass is 10.2. The van der Waals surface area contributed by atoms with Gasteiger partial charge in [0.05, 0.1) is 26.7 Å². The maximum absolute atomic E-state index is 13.4. The average Bonchev–Trinajstić information content (AvgIpc) is 3.22. The van der Waals surface area contributed by atoms with Crippen molar-refractivity contribution in [3.8, 4) is 23.3 Å². The highest BCUT2D eigenvalue weighted by atomic mass is 35.5. The van der Waals surface area contributed by atoms with E-state index >= 15 is 0 Å². The van der Waals surface area contributed by atoms with Gasteiger partial charge in [0.25, 0.3) is 0 Å². The smallest absolute Gasteiger partial charge is 0.408 e. The number of thiophene rings is 1. The minimum Gasteiger partial charge on any atom is -0.456 e. The zero-order valence-corrected chi connectivity index (χ0v) is 21.3. The van der Waals surface area contributed by atoms with Crippen molar-refractivity contribution in [2.75, 3.05) is 11.9 Å². The van der Waals surface area contributed by atoms with Crippen molar-refractivity contribution in [3.05, 3.63) is 70.6 Å². The molecular weight excluding hydrogens is 503 g/mol. The largest absolute Gasteiger partial charge is 0.456 e. The maximum atomic E-state index is 13.4. The lowest BCUT2D eigenvalue weighted by molar-refractivity contribution is 0.0535. The van der Waals surface area contributed by atoms with Crippen LogP contribution in [-0.2, 0) is 4.74 Å². The molecule has 2 N–H and O–H groups in total. The first kappa shape index (κ1) is 25.2. The van der Waals surface area contributed by atoms with Crippen molar-refractivity contribution in [2.45, 2.75) is 26.4 Å². The number of anilines is 2. The third-order valence-corrected chi connectivity index (χ3v) is 5.80. The second-order valence-corrected chi connectivity index (χ2v) is 9.99. The van der Waals surface area contributed by atoms with Crippen LogP contribution < -0.4 is 15.4 Å². The van der Waals surface area contributed by atoms with Gasteiger partial charge in [-0.3, -0.25) is 0 Å². The molecule has 7 nitrogen and oxygen atoms in total. The van der Waals surface area contributed by atoms with Crippen LogP contribution >= 0.6 is 22.9 Å². The van der Waals surface area contributed by atoms with Gasteiger partial charge in [-0.05, 0) is 57.2 Å². The van der Waals surface area contributed by atoms with Crippen molar-refractivity contribution in [1.29, 1.82) is 0 Å². The van der Waals surface area contributed by atoms with E-state index in [1.54, 1.807) is 51.1 Å². The van der Waals surface area contributed by atoms with E-state index in [1.165, 1.54) is 29.8 Å². The summed E-state index contributed by atoms with van der Waals surface area (Å²) in [5, 5.41) is 6.20. The molecule has 36 heavy (non-hydrogen) atoms. The Kier molecular flexibility index (Phi) is 7.58. The molecule has 10 heteroatoms. The number of halogens is 2. The van der Waals surface area contributed by atoms with Gasteiger partial charge in [0.15, 0.2) is 5.82 Å². The van der Waals surface area contributed by atoms with Crippen LogP contribution in [0.25, 0.3) is 10.2 Å². The fourth-order valence-electron chi connectivity index (χ4n) is 3.02. The highest BCUT2D eigenvalue weighted by Gasteiger charge is 2.15. The Balaban J connectivity index is 1.45. The van der Waals surface area contributed by atoms with E-state index in [2.05, 4.69) is 32.4 Å². The highest BCUT2D eigenvalue weighted by Crippen LogP contribution is 2.35. The monoisotopic (exact) mass is 524 g/mol. The predicted octanol–water partition coefficient (Wildman–Crippen LogP) is 6.90. The van der Waals surface area contributed by atoms with E-state index in [4.69, 9.17) is 21.1 Å². The molecule has 4 rings (SSSR count). The zero-order valence-electron chi connectivity index (χ0n) is 19.7. The number of nitrogens with one attached hydrogen (secondary N) is 2. The van der Waals surface area contributed by atoms with Crippen molar-refractivity contribution in [1.82, 2.24) is 15.3 Å². The Bertz CT molecular complexity index is 1470. The molecule has 0 spiro atoms. The Morgan fingerprint density at radius 1 is 1.17 bits per heavy atom. The zero-order chi connectivity index (χ0) is 25.7. The molecule has 0 aliphatic rings. The van der Waals surface area contributed by atoms with Crippen molar-refractivity contribution >= 4 is 50.8 Å². The summed E-state index contributed by atoms with van der Waals surface area (Å²) in [4.78, 5) is 21.2. The predicted molar refractivity (Wildman–Crippen MR) is 140 cm³/mol. The number of hydrogen-bond acceptors (Lipinski definition) is 7. The Labute approximate surface area is 216 Å². The van der Waals surface area contributed by atoms with E-state index < -0.39 is 17.5 Å². The number of alkyl carbamates (subject to hydrolysis) is 1. The molecule has 2 aromatic heterocycles. The number of benzene rings is 2. The number of nitrogens with zero attached hydrogens (tertiary/aromatic N) is 2. The Morgan fingerprint density at radius 3 is 2.75 bits per heavy atom. The maximum Gasteiger partial charge on any atom is 0.408 e. The van der Waals surface area contributed by atoms with E-state index in [0.717, 1.165) is 15.1 Å². The lowest BCUT2D eigenvalue weighted by Gasteiger charge is -2.18. The van der Waals surface area contributed by atoms with Gasteiger partial charge in [0, 0.05) is 11.8 Å². The van der Waals surface area contributed by atoms with E-state index in [0.29, 0.717) is 28.0 Å². The fraction of sp³-hybridized carbons (Fsp3) is 0.192. The topological polar surface area (TPSA) is 85.4 Å². The minimum atomic E-state index is -0.566. The van der Waals surface area contributed by atoms with Crippen LogP contribution in [0.1, 0.15) is 25.6 Å². The van der Waals surface area contributed by atoms with Gasteiger partial charge in [0.2, 0.25) is 0 Å². The van der Waals surface area contributed by atoms with Gasteiger partial charge in [-0.1, -0.05) is 29.5 Å². The third kappa shape index (κ3) is 6.84. The summed E-state index contributed by atoms with van der Waals surface area (Å²) in [6.45, 7) is 5.55. The highest BCUT2D eigenvalue weighted by molar-refractivity contribution is 7.20. The van der Waals surface area contributed by atoms with Gasteiger partial charge in [-0.2, -0.15) is 0 Å². The van der Waals surface area contributed by atoms with Gasteiger partial charge in [-0.15, -0.1) is 11.3 Å². The molecular formula is C26H22ClFN4O3S. The lowest BCUT2D eigenvalue weighted by Crippen LogP contribution is -2.32. The molecule has 0 bridgehead atoms. The summed E-state index contributed by atoms with van der Waals surface area (Å²) >= 11 is 7.81. The first-order valence-corrected chi connectivity index (χ1v) is 12.1. The molecule has 0 aliphatic carbocycles. The average molecular weight is 525 g/mol. The summed E-state index contributed by atoms with van der Waals surface area (Å²) in [5.74, 6) is 6.89. The van der Waals surface area contributed by atoms with Crippen LogP contribution in [0.3, 0.4) is 0 Å². The molecule has 0 saturated heterocycles. The summed E-state index contributed by atoms with van der Waals surface area (Å²) in [5.41, 5.74) is 0.859. The Morgan fingerprint density at radius 2 is 2.00 bits per heavy atom. The Hall–Kier alpha value is -3.87. The SMILES string of the molecule is CC(C)(C)OC(=O)NCC#Cc1cc2ncnc(Nc3ccc(Oc4cccc(F)c4)c(Cl)c3)c2s1. The molecule has 0 atom stereocenters. The summed E-state index contributed by atoms with van der Waals surface area (Å²) in [6.07, 6.45) is 0.943. The van der Waals surface area contributed by atoms with Crippen molar-refractivity contribution < 1.29 is 18.7 Å². The number of carbonyl (C=O) groups is 1. The molecule has 1 amide bonds. The van der Waals surface area contributed by atoms with Crippen LogP contribution in [0.15, 0.2) is 54.9 Å². The van der Waals surface area contributed by atoms with E-state index in [1.807, 2.05) is 6.07 Å². The van der Waals surface area contributed by atoms with Gasteiger partial charge < -0.3 is 20.1 Å². The first-order chi connectivity index (χ1) is 17.2. The molecule has 0 unspecified atom stereocenters. The van der Waals surface area contributed by atoms with Gasteiger partial charge >= 0.3 is 6.09 Å². The van der Waals surface area contributed by atoms with E-state index in [-0.39, 0.29) is 6.54 Å². The number of amides is 1. The quantitative estimate of drug-likeness (QED) is 0.276. The number of fused-ring (bicyclic) bond motifs is 1. The second kappa shape index (κ2) is 10.8. The van der Waals surface area contributed by atoms with Crippen LogP contribution in [0.5, 0.6) is 11.5 Å². The number of hydrogen-bond donors (Lipinski definition) is 2. The number of rotatable bonds is 5. The van der Waals surface area contributed by atoms with Gasteiger partial charge in [-0.25, -0.2) is 19.2 Å². The summed E-state index contributed by atoms with van der Waals surface area (Å²) in [7, 11) is 0. The molecule has 4 aromatic rings. The van der Waals surface area contributed by atoms with Crippen LogP contribution in [0, 0.1) is 17.7 Å². The molecule has 0 saturated carbocycles. The normalized spacial score (nSPS) is 10.9. The molecule has 0 aliphatic heterocycles. The standard InChI is InChI=1S/C26H22ClFN4O3S/c1-26(2,3)35-25(33)29-11-5-8-19-14-21-23(36-19)24(31-15-30-21)32-17-9-10-22(20(27)13-17)34-18-7-4-6-16(28)12-18/h4,6-7,9-10,12-15H,11H2,1-3H3,(H,29,33)(H,30,31,32). The van der Waals surface area contributed by atoms with Crippen LogP contribution in [0.2, 0.25) is 5.02 Å². The van der Waals surface area contributed by atoms with Crippen molar-refractivity contribution in [2.24, 2.45) is 0 Å². The van der Waals surface area contributed by atoms with E-state index in [9.17, 15) is 9.18 Å². The summed E-state index contributed by atoms with van der Waals surface area (Å²) < 4.78 is 25.1. The molecule has 2 heterocycles. The minimum absolute atomic E-state index is 0.155. The summed E-state index contributed by atoms with van der Waals surface area (Å²) in [6, 6.07) is 12.9. The molecule has 2 aromatic carbocycles. The number of carbonyl (C=O) groups excluding carboxylic acids is 1. The number of aromatic nitrogens is 2. The second-order valence-electron chi connectivity index (χ2n) is 8.53. The first-order valence-electron chi connectivity index (χ1n) is 10.9. The van der Waals surface area contributed by atoms with Crippen LogP contribution in [0.4, 0.5) is 20.7 Å². The molecule has 184 valence electrons. The van der Waals surface area contributed by atoms with Crippen LogP contribution in [-0.4, -0.2) is 28.2 Å². The third-order valence-electron chi connectivity index (χ3n) is 4.46. The molecule has 0 radical (unpaired) electrons.